The number of phosphoric acid groups is 2. The smallest absolute Gasteiger partial charge is 0.822 e. The van der Waals surface area contributed by atoms with Gasteiger partial charge in [0.25, 0.3) is 0 Å². The van der Waals surface area contributed by atoms with Gasteiger partial charge >= 0.3 is 96.5 Å². The van der Waals surface area contributed by atoms with E-state index in [1.54, 1.807) is 0 Å². The molecule has 1 unspecified atom stereocenters. The van der Waals surface area contributed by atoms with E-state index >= 15 is 0 Å². The molecule has 72 valence electrons. The molecule has 14 heavy (non-hydrogen) atoms. The van der Waals surface area contributed by atoms with Gasteiger partial charge in [0.05, 0.1) is 0 Å². The molecule has 0 radical (unpaired) electrons. The topological polar surface area (TPSA) is 164 Å². The summed E-state index contributed by atoms with van der Waals surface area (Å²) < 4.78 is 17.4. The number of hydrogen-bond donors (Lipinski definition) is 3. The monoisotopic (exact) mass is 296 g/mol. The van der Waals surface area contributed by atoms with Gasteiger partial charge in [0.1, 0.15) is 0 Å². The first-order valence-electron chi connectivity index (χ1n) is 1.51. The van der Waals surface area contributed by atoms with E-state index in [0.29, 0.717) is 0 Å². The van der Waals surface area contributed by atoms with Crippen LogP contribution in [0.1, 0.15) is 0 Å². The molecule has 0 bridgehead atoms. The second kappa shape index (κ2) is 16.6. The predicted molar refractivity (Wildman–Crippen MR) is 33.0 cm³/mol. The van der Waals surface area contributed by atoms with Gasteiger partial charge in [-0.15, -0.1) is 0 Å². The van der Waals surface area contributed by atoms with Gasteiger partial charge < -0.3 is 33.9 Å². The molecule has 0 aliphatic rings. The molecule has 0 aliphatic heterocycles. The van der Waals surface area contributed by atoms with E-state index in [-0.39, 0.29) is 98.6 Å². The molecule has 0 aromatic carbocycles. The molecule has 0 fully saturated rings. The first-order valence-corrected chi connectivity index (χ1v) is 4.54. The Labute approximate surface area is 150 Å². The van der Waals surface area contributed by atoms with Crippen molar-refractivity contribution in [2.75, 3.05) is 0 Å². The Morgan fingerprint density at radius 1 is 0.786 bits per heavy atom. The molecule has 0 aromatic heterocycles. The average Bonchev–Trinajstić information content (AvgIpc) is 1.12. The van der Waals surface area contributed by atoms with E-state index in [9.17, 15) is 0 Å². The fourth-order valence-electron chi connectivity index (χ4n) is 0. The van der Waals surface area contributed by atoms with E-state index in [4.69, 9.17) is 38.5 Å². The van der Waals surface area contributed by atoms with Gasteiger partial charge in [0.2, 0.25) is 0 Å². The first kappa shape index (κ1) is 36.1. The van der Waals surface area contributed by atoms with Gasteiger partial charge in [-0.25, -0.2) is 4.57 Å². The van der Waals surface area contributed by atoms with E-state index < -0.39 is 15.6 Å². The molecule has 0 rings (SSSR count). The zero-order valence-corrected chi connectivity index (χ0v) is 17.2. The van der Waals surface area contributed by atoms with Crippen molar-refractivity contribution in [3.05, 3.63) is 0 Å². The summed E-state index contributed by atoms with van der Waals surface area (Å²) in [6.07, 6.45) is 0. The fourth-order valence-corrected chi connectivity index (χ4v) is 0. The van der Waals surface area contributed by atoms with Crippen molar-refractivity contribution in [1.29, 1.82) is 0 Å². The van der Waals surface area contributed by atoms with Crippen LogP contribution in [-0.2, 0) is 9.13 Å². The van der Waals surface area contributed by atoms with E-state index in [2.05, 4.69) is 0 Å². The van der Waals surface area contributed by atoms with Crippen LogP contribution in [0, 0.1) is 0 Å². The van der Waals surface area contributed by atoms with Crippen LogP contribution in [0.2, 0.25) is 0 Å². The van der Waals surface area contributed by atoms with Gasteiger partial charge in [0.15, 0.2) is 0 Å². The number of rotatable bonds is 0. The van der Waals surface area contributed by atoms with Crippen molar-refractivity contribution in [2.24, 2.45) is 0 Å². The Morgan fingerprint density at radius 3 is 0.786 bits per heavy atom. The SMILES string of the molecule is O=P(O)(O)O.O=P([O-])([O-])[O-].P.[Na+].[Na+].[Na+]. The molecular formula is H6Na3O8P3. The summed E-state index contributed by atoms with van der Waals surface area (Å²) in [6.45, 7) is 0. The molecule has 0 saturated carbocycles. The molecular weight excluding hydrogens is 290 g/mol. The maximum atomic E-state index is 8.88. The van der Waals surface area contributed by atoms with Crippen molar-refractivity contribution in [2.45, 2.75) is 0 Å². The second-order valence-electron chi connectivity index (χ2n) is 0.960. The van der Waals surface area contributed by atoms with Crippen LogP contribution in [-0.4, -0.2) is 14.7 Å². The largest absolute Gasteiger partial charge is 1.00 e. The van der Waals surface area contributed by atoms with E-state index in [1.165, 1.54) is 0 Å². The van der Waals surface area contributed by atoms with Crippen LogP contribution < -0.4 is 103 Å². The normalized spacial score (nSPS) is 8.43. The standard InChI is InChI=1S/3Na.2H3O4P.H3P/c;;;2*1-5(2,3)4;/h;;;2*(H3,1,2,3,4);1H3/q3*+1;;;/p-3. The maximum absolute atomic E-state index is 8.88. The predicted octanol–water partition coefficient (Wildman–Crippen LogP) is -12.7. The third-order valence-electron chi connectivity index (χ3n) is 0. The minimum atomic E-state index is -5.39. The van der Waals surface area contributed by atoms with Crippen molar-refractivity contribution in [1.82, 2.24) is 0 Å². The van der Waals surface area contributed by atoms with Gasteiger partial charge in [0, 0.05) is 0 Å². The van der Waals surface area contributed by atoms with Crippen molar-refractivity contribution in [3.63, 3.8) is 0 Å². The Balaban J connectivity index is -0.0000000178. The number of hydrogen-bond acceptors (Lipinski definition) is 5. The molecule has 0 aliphatic carbocycles. The van der Waals surface area contributed by atoms with Crippen LogP contribution >= 0.6 is 25.5 Å². The van der Waals surface area contributed by atoms with Crippen molar-refractivity contribution >= 4 is 25.5 Å². The van der Waals surface area contributed by atoms with Gasteiger partial charge in [-0.05, 0) is 0 Å². The molecule has 8 nitrogen and oxygen atoms in total. The van der Waals surface area contributed by atoms with Gasteiger partial charge in [-0.3, -0.25) is 0 Å². The summed E-state index contributed by atoms with van der Waals surface area (Å²) in [5.41, 5.74) is 0. The Bertz CT molecular complexity index is 132. The second-order valence-corrected chi connectivity index (χ2v) is 2.88. The van der Waals surface area contributed by atoms with Crippen molar-refractivity contribution in [3.8, 4) is 0 Å². The molecule has 0 saturated heterocycles. The third kappa shape index (κ3) is 252. The average molecular weight is 296 g/mol. The van der Waals surface area contributed by atoms with Crippen LogP contribution in [0.4, 0.5) is 0 Å². The van der Waals surface area contributed by atoms with Crippen LogP contribution in [0.25, 0.3) is 0 Å². The maximum Gasteiger partial charge on any atom is 1.00 e. The van der Waals surface area contributed by atoms with Gasteiger partial charge in [-0.2, -0.15) is 17.7 Å². The molecule has 0 heterocycles. The summed E-state index contributed by atoms with van der Waals surface area (Å²) in [4.78, 5) is 47.2. The van der Waals surface area contributed by atoms with E-state index in [1.807, 2.05) is 0 Å². The van der Waals surface area contributed by atoms with Crippen LogP contribution in [0.15, 0.2) is 0 Å². The van der Waals surface area contributed by atoms with Gasteiger partial charge in [-0.1, -0.05) is 0 Å². The zero-order chi connectivity index (χ0) is 9.00. The molecule has 1 atom stereocenters. The summed E-state index contributed by atoms with van der Waals surface area (Å²) in [5, 5.41) is 0. The van der Waals surface area contributed by atoms with Crippen molar-refractivity contribution < 1.29 is 127 Å². The molecule has 14 heteroatoms. The minimum absolute atomic E-state index is 0. The minimum Gasteiger partial charge on any atom is -0.822 e. The fraction of sp³-hybridized carbons (Fsp3) is 0. The van der Waals surface area contributed by atoms with Crippen LogP contribution in [0.3, 0.4) is 0 Å². The Hall–Kier alpha value is 3.65. The summed E-state index contributed by atoms with van der Waals surface area (Å²) in [6, 6.07) is 0. The molecule has 0 aromatic rings. The Morgan fingerprint density at radius 2 is 0.786 bits per heavy atom. The Kier molecular flexibility index (Phi) is 42.9. The molecule has 0 amide bonds. The molecule has 0 spiro atoms. The van der Waals surface area contributed by atoms with E-state index in [0.717, 1.165) is 0 Å². The summed E-state index contributed by atoms with van der Waals surface area (Å²) in [7, 11) is -10.0. The third-order valence-corrected chi connectivity index (χ3v) is 0. The zero-order valence-electron chi connectivity index (χ0n) is 7.98. The molecule has 3 N–H and O–H groups in total. The van der Waals surface area contributed by atoms with Crippen LogP contribution in [0.5, 0.6) is 0 Å². The summed E-state index contributed by atoms with van der Waals surface area (Å²) >= 11 is 0. The summed E-state index contributed by atoms with van der Waals surface area (Å²) in [5.74, 6) is 0. The quantitative estimate of drug-likeness (QED) is 0.293. The first-order chi connectivity index (χ1) is 4.00.